The molecule has 0 aliphatic heterocycles. The first-order valence-electron chi connectivity index (χ1n) is 4.68. The molecule has 0 saturated heterocycles. The number of hydrogen-bond acceptors (Lipinski definition) is 2. The fraction of sp³-hybridized carbons (Fsp3) is 0.200. The summed E-state index contributed by atoms with van der Waals surface area (Å²) in [6.07, 6.45) is 0. The lowest BCUT2D eigenvalue weighted by Crippen LogP contribution is -2.46. The quantitative estimate of drug-likeness (QED) is 0.437. The molecule has 1 aromatic carbocycles. The van der Waals surface area contributed by atoms with E-state index in [0.717, 1.165) is 11.3 Å². The van der Waals surface area contributed by atoms with Gasteiger partial charge in [-0.05, 0) is 37.7 Å². The highest BCUT2D eigenvalue weighted by molar-refractivity contribution is 7.80. The molecule has 2 amide bonds. The fourth-order valence-corrected chi connectivity index (χ4v) is 1.39. The summed E-state index contributed by atoms with van der Waals surface area (Å²) in [4.78, 5) is 10.4. The van der Waals surface area contributed by atoms with Gasteiger partial charge < -0.3 is 11.1 Å². The zero-order valence-corrected chi connectivity index (χ0v) is 9.94. The second-order valence-electron chi connectivity index (χ2n) is 3.39. The lowest BCUT2D eigenvalue weighted by molar-refractivity contribution is 0.247. The van der Waals surface area contributed by atoms with E-state index in [4.69, 9.17) is 18.0 Å². The maximum atomic E-state index is 10.4. The summed E-state index contributed by atoms with van der Waals surface area (Å²) in [6, 6.07) is 5.24. The van der Waals surface area contributed by atoms with E-state index in [2.05, 4.69) is 16.2 Å². The molecule has 0 bridgehead atoms. The first-order chi connectivity index (χ1) is 7.49. The van der Waals surface area contributed by atoms with E-state index in [1.165, 1.54) is 5.56 Å². The number of benzene rings is 1. The number of aryl methyl sites for hydroxylation is 2. The number of carbonyl (C=O) groups excluding carboxylic acids is 1. The highest BCUT2D eigenvalue weighted by atomic mass is 32.1. The molecule has 0 spiro atoms. The first kappa shape index (κ1) is 12.3. The molecule has 0 atom stereocenters. The van der Waals surface area contributed by atoms with Gasteiger partial charge in [0.2, 0.25) is 0 Å². The van der Waals surface area contributed by atoms with Gasteiger partial charge in [0.05, 0.1) is 0 Å². The van der Waals surface area contributed by atoms with Crippen LogP contribution in [0.15, 0.2) is 18.2 Å². The maximum Gasteiger partial charge on any atom is 0.330 e. The summed E-state index contributed by atoms with van der Waals surface area (Å²) in [6.45, 7) is 3.99. The molecular weight excluding hydrogens is 224 g/mol. The van der Waals surface area contributed by atoms with E-state index in [-0.39, 0.29) is 5.11 Å². The van der Waals surface area contributed by atoms with Crippen LogP contribution >= 0.6 is 12.2 Å². The van der Waals surface area contributed by atoms with E-state index in [9.17, 15) is 4.79 Å². The largest absolute Gasteiger partial charge is 0.350 e. The standard InChI is InChI=1S/C10H14N4OS/c1-6-3-4-8(7(2)5-6)12-10(16)14-13-9(11)15/h3-5H,1-2H3,(H3,11,13,15)(H2,12,14,16). The van der Waals surface area contributed by atoms with E-state index in [0.29, 0.717) is 0 Å². The highest BCUT2D eigenvalue weighted by Gasteiger charge is 2.01. The fourth-order valence-electron chi connectivity index (χ4n) is 1.23. The van der Waals surface area contributed by atoms with Crippen molar-refractivity contribution in [1.29, 1.82) is 0 Å². The minimum absolute atomic E-state index is 0.283. The van der Waals surface area contributed by atoms with Crippen LogP contribution in [0.5, 0.6) is 0 Å². The Kier molecular flexibility index (Phi) is 4.07. The number of primary amides is 1. The van der Waals surface area contributed by atoms with E-state index in [1.807, 2.05) is 32.0 Å². The second kappa shape index (κ2) is 5.32. The number of amides is 2. The van der Waals surface area contributed by atoms with Gasteiger partial charge in [0, 0.05) is 5.69 Å². The van der Waals surface area contributed by atoms with E-state index < -0.39 is 6.03 Å². The molecule has 0 aliphatic rings. The molecule has 0 fully saturated rings. The topological polar surface area (TPSA) is 79.2 Å². The summed E-state index contributed by atoms with van der Waals surface area (Å²) in [5, 5.41) is 3.23. The molecule has 6 heteroatoms. The number of thiocarbonyl (C=S) groups is 1. The smallest absolute Gasteiger partial charge is 0.330 e. The van der Waals surface area contributed by atoms with Crippen molar-refractivity contribution in [2.24, 2.45) is 5.73 Å². The van der Waals surface area contributed by atoms with Crippen LogP contribution in [0.3, 0.4) is 0 Å². The van der Waals surface area contributed by atoms with Crippen molar-refractivity contribution in [2.75, 3.05) is 5.32 Å². The van der Waals surface area contributed by atoms with Crippen LogP contribution in [0, 0.1) is 13.8 Å². The number of anilines is 1. The molecule has 1 rings (SSSR count). The van der Waals surface area contributed by atoms with Crippen molar-refractivity contribution in [1.82, 2.24) is 10.9 Å². The van der Waals surface area contributed by atoms with Crippen molar-refractivity contribution in [3.8, 4) is 0 Å². The Morgan fingerprint density at radius 2 is 2.00 bits per heavy atom. The number of hydrazine groups is 1. The zero-order valence-electron chi connectivity index (χ0n) is 9.13. The van der Waals surface area contributed by atoms with Gasteiger partial charge in [-0.25, -0.2) is 10.2 Å². The maximum absolute atomic E-state index is 10.4. The van der Waals surface area contributed by atoms with Crippen LogP contribution in [-0.4, -0.2) is 11.1 Å². The SMILES string of the molecule is Cc1ccc(NC(=S)NNC(N)=O)c(C)c1. The molecule has 0 aliphatic carbocycles. The molecular formula is C10H14N4OS. The van der Waals surface area contributed by atoms with Gasteiger partial charge in [-0.15, -0.1) is 0 Å². The summed E-state index contributed by atoms with van der Waals surface area (Å²) >= 11 is 4.95. The highest BCUT2D eigenvalue weighted by Crippen LogP contribution is 2.15. The Balaban J connectivity index is 2.59. The Bertz CT molecular complexity index is 419. The summed E-state index contributed by atoms with van der Waals surface area (Å²) in [5.41, 5.74) is 12.7. The van der Waals surface area contributed by atoms with Gasteiger partial charge in [-0.3, -0.25) is 5.43 Å². The molecule has 0 unspecified atom stereocenters. The molecule has 86 valence electrons. The summed E-state index contributed by atoms with van der Waals surface area (Å²) in [7, 11) is 0. The number of nitrogens with one attached hydrogen (secondary N) is 3. The number of hydrogen-bond donors (Lipinski definition) is 4. The van der Waals surface area contributed by atoms with Crippen LogP contribution in [-0.2, 0) is 0 Å². The van der Waals surface area contributed by atoms with Gasteiger partial charge >= 0.3 is 6.03 Å². The monoisotopic (exact) mass is 238 g/mol. The summed E-state index contributed by atoms with van der Waals surface area (Å²) in [5.74, 6) is 0. The first-order valence-corrected chi connectivity index (χ1v) is 5.09. The van der Waals surface area contributed by atoms with Crippen LogP contribution in [0.1, 0.15) is 11.1 Å². The predicted molar refractivity (Wildman–Crippen MR) is 68.0 cm³/mol. The van der Waals surface area contributed by atoms with E-state index in [1.54, 1.807) is 0 Å². The van der Waals surface area contributed by atoms with Crippen molar-refractivity contribution in [2.45, 2.75) is 13.8 Å². The van der Waals surface area contributed by atoms with Crippen LogP contribution in [0.4, 0.5) is 10.5 Å². The average Bonchev–Trinajstić information content (AvgIpc) is 2.19. The lowest BCUT2D eigenvalue weighted by Gasteiger charge is -2.12. The van der Waals surface area contributed by atoms with Gasteiger partial charge in [0.1, 0.15) is 0 Å². The Labute approximate surface area is 99.4 Å². The number of carbonyl (C=O) groups is 1. The lowest BCUT2D eigenvalue weighted by atomic mass is 10.1. The van der Waals surface area contributed by atoms with Crippen LogP contribution in [0.25, 0.3) is 0 Å². The second-order valence-corrected chi connectivity index (χ2v) is 3.79. The zero-order chi connectivity index (χ0) is 12.1. The van der Waals surface area contributed by atoms with Crippen molar-refractivity contribution in [3.63, 3.8) is 0 Å². The molecule has 0 aromatic heterocycles. The third-order valence-electron chi connectivity index (χ3n) is 1.93. The van der Waals surface area contributed by atoms with Crippen LogP contribution in [0.2, 0.25) is 0 Å². The Morgan fingerprint density at radius 1 is 1.31 bits per heavy atom. The van der Waals surface area contributed by atoms with Gasteiger partial charge in [0.15, 0.2) is 5.11 Å². The van der Waals surface area contributed by atoms with Crippen LogP contribution < -0.4 is 21.9 Å². The predicted octanol–water partition coefficient (Wildman–Crippen LogP) is 1.17. The normalized spacial score (nSPS) is 9.38. The van der Waals surface area contributed by atoms with E-state index >= 15 is 0 Å². The third kappa shape index (κ3) is 3.74. The number of nitrogens with two attached hydrogens (primary N) is 1. The van der Waals surface area contributed by atoms with Gasteiger partial charge in [-0.2, -0.15) is 0 Å². The molecule has 0 heterocycles. The Morgan fingerprint density at radius 3 is 2.56 bits per heavy atom. The minimum Gasteiger partial charge on any atom is -0.350 e. The number of urea groups is 1. The van der Waals surface area contributed by atoms with Gasteiger partial charge in [-0.1, -0.05) is 17.7 Å². The third-order valence-corrected chi connectivity index (χ3v) is 2.13. The number of rotatable bonds is 1. The van der Waals surface area contributed by atoms with Crippen molar-refractivity contribution >= 4 is 29.0 Å². The average molecular weight is 238 g/mol. The molecule has 5 nitrogen and oxygen atoms in total. The molecule has 5 N–H and O–H groups in total. The molecule has 0 saturated carbocycles. The Hall–Kier alpha value is -1.82. The van der Waals surface area contributed by atoms with Gasteiger partial charge in [0.25, 0.3) is 0 Å². The molecule has 16 heavy (non-hydrogen) atoms. The molecule has 0 radical (unpaired) electrons. The molecule has 1 aromatic rings. The summed E-state index contributed by atoms with van der Waals surface area (Å²) < 4.78 is 0. The minimum atomic E-state index is -0.690. The van der Waals surface area contributed by atoms with Crippen molar-refractivity contribution < 1.29 is 4.79 Å². The van der Waals surface area contributed by atoms with Crippen molar-refractivity contribution in [3.05, 3.63) is 29.3 Å².